The van der Waals surface area contributed by atoms with Gasteiger partial charge < -0.3 is 15.8 Å². The van der Waals surface area contributed by atoms with Crippen molar-refractivity contribution in [2.24, 2.45) is 5.73 Å². The van der Waals surface area contributed by atoms with Crippen LogP contribution in [0.1, 0.15) is 21.1 Å². The Labute approximate surface area is 122 Å². The van der Waals surface area contributed by atoms with Crippen molar-refractivity contribution in [1.29, 1.82) is 0 Å². The third kappa shape index (κ3) is 2.00. The van der Waals surface area contributed by atoms with Crippen LogP contribution in [0.25, 0.3) is 16.9 Å². The molecule has 1 amide bonds. The van der Waals surface area contributed by atoms with Gasteiger partial charge in [-0.15, -0.1) is 0 Å². The van der Waals surface area contributed by atoms with Gasteiger partial charge in [0.15, 0.2) is 11.3 Å². The summed E-state index contributed by atoms with van der Waals surface area (Å²) in [5, 5.41) is 9.04. The fraction of sp³-hybridized carbons (Fsp3) is 0. The number of H-pyrrole nitrogens is 1. The lowest BCUT2D eigenvalue weighted by atomic mass is 10.3. The number of carbonyl (C=O) groups is 2. The van der Waals surface area contributed by atoms with Gasteiger partial charge in [-0.2, -0.15) is 0 Å². The number of imidazole rings is 1. The lowest BCUT2D eigenvalue weighted by molar-refractivity contribution is 0.0684. The molecule has 9 heteroatoms. The molecule has 0 fully saturated rings. The van der Waals surface area contributed by atoms with E-state index in [4.69, 9.17) is 10.8 Å². The number of benzene rings is 1. The van der Waals surface area contributed by atoms with Crippen LogP contribution in [0.2, 0.25) is 0 Å². The van der Waals surface area contributed by atoms with E-state index in [9.17, 15) is 14.4 Å². The standard InChI is InChI=1S/C13H9N5O4/c14-9(19)7-8-11(17-10(15-7)12(20)21)18(13(22)16-8)6-4-2-1-3-5-6/h1-5H,(H2,14,19)(H,16,22)(H,20,21). The van der Waals surface area contributed by atoms with Crippen LogP contribution in [-0.4, -0.2) is 36.5 Å². The zero-order valence-electron chi connectivity index (χ0n) is 11.0. The second kappa shape index (κ2) is 4.81. The summed E-state index contributed by atoms with van der Waals surface area (Å²) in [5.41, 5.74) is 4.68. The number of aromatic amines is 1. The normalized spacial score (nSPS) is 10.7. The van der Waals surface area contributed by atoms with E-state index in [1.54, 1.807) is 30.3 Å². The van der Waals surface area contributed by atoms with E-state index in [0.717, 1.165) is 4.57 Å². The number of nitrogens with one attached hydrogen (secondary N) is 1. The van der Waals surface area contributed by atoms with Gasteiger partial charge in [-0.05, 0) is 12.1 Å². The van der Waals surface area contributed by atoms with Gasteiger partial charge in [-0.3, -0.25) is 4.79 Å². The molecule has 0 bridgehead atoms. The topological polar surface area (TPSA) is 144 Å². The Bertz CT molecular complexity index is 958. The minimum absolute atomic E-state index is 0.00801. The zero-order valence-corrected chi connectivity index (χ0v) is 11.0. The van der Waals surface area contributed by atoms with Gasteiger partial charge in [0.25, 0.3) is 5.91 Å². The van der Waals surface area contributed by atoms with Crippen LogP contribution in [0.4, 0.5) is 0 Å². The first kappa shape index (κ1) is 13.5. The number of aromatic carboxylic acids is 1. The molecule has 0 spiro atoms. The molecule has 2 heterocycles. The molecule has 9 nitrogen and oxygen atoms in total. The lowest BCUT2D eigenvalue weighted by Crippen LogP contribution is -2.18. The van der Waals surface area contributed by atoms with Crippen molar-refractivity contribution in [1.82, 2.24) is 19.5 Å². The summed E-state index contributed by atoms with van der Waals surface area (Å²) in [6, 6.07) is 8.45. The number of para-hydroxylation sites is 1. The molecule has 3 aromatic rings. The summed E-state index contributed by atoms with van der Waals surface area (Å²) >= 11 is 0. The molecule has 2 aromatic heterocycles. The quantitative estimate of drug-likeness (QED) is 0.616. The molecule has 0 aliphatic carbocycles. The van der Waals surface area contributed by atoms with E-state index < -0.39 is 23.4 Å². The summed E-state index contributed by atoms with van der Waals surface area (Å²) in [7, 11) is 0. The molecular weight excluding hydrogens is 290 g/mol. The number of aromatic nitrogens is 4. The largest absolute Gasteiger partial charge is 0.475 e. The van der Waals surface area contributed by atoms with Crippen LogP contribution in [0.5, 0.6) is 0 Å². The molecule has 0 aliphatic heterocycles. The highest BCUT2D eigenvalue weighted by atomic mass is 16.4. The monoisotopic (exact) mass is 299 g/mol. The Morgan fingerprint density at radius 3 is 2.45 bits per heavy atom. The van der Waals surface area contributed by atoms with Gasteiger partial charge in [0.05, 0.1) is 5.69 Å². The molecule has 0 saturated carbocycles. The summed E-state index contributed by atoms with van der Waals surface area (Å²) < 4.78 is 1.15. The van der Waals surface area contributed by atoms with Crippen molar-refractivity contribution in [3.8, 4) is 5.69 Å². The number of carboxylic acid groups (broad SMARTS) is 1. The molecule has 3 rings (SSSR count). The smallest absolute Gasteiger partial charge is 0.374 e. The van der Waals surface area contributed by atoms with Gasteiger partial charge in [-0.1, -0.05) is 18.2 Å². The Kier molecular flexibility index (Phi) is 2.95. The fourth-order valence-electron chi connectivity index (χ4n) is 2.08. The van der Waals surface area contributed by atoms with E-state index in [-0.39, 0.29) is 16.9 Å². The Hall–Kier alpha value is -3.49. The van der Waals surface area contributed by atoms with Crippen molar-refractivity contribution in [3.63, 3.8) is 0 Å². The van der Waals surface area contributed by atoms with E-state index in [2.05, 4.69) is 15.0 Å². The van der Waals surface area contributed by atoms with E-state index in [1.807, 2.05) is 0 Å². The third-order valence-electron chi connectivity index (χ3n) is 2.98. The molecular formula is C13H9N5O4. The number of rotatable bonds is 3. The van der Waals surface area contributed by atoms with E-state index in [0.29, 0.717) is 5.69 Å². The van der Waals surface area contributed by atoms with Gasteiger partial charge in [0, 0.05) is 0 Å². The number of carbonyl (C=O) groups excluding carboxylic acids is 1. The lowest BCUT2D eigenvalue weighted by Gasteiger charge is -2.04. The third-order valence-corrected chi connectivity index (χ3v) is 2.98. The average molecular weight is 299 g/mol. The summed E-state index contributed by atoms with van der Waals surface area (Å²) in [5.74, 6) is -3.01. The van der Waals surface area contributed by atoms with Crippen molar-refractivity contribution >= 4 is 23.0 Å². The first-order valence-electron chi connectivity index (χ1n) is 6.10. The second-order valence-corrected chi connectivity index (χ2v) is 4.36. The first-order valence-corrected chi connectivity index (χ1v) is 6.10. The summed E-state index contributed by atoms with van der Waals surface area (Å²) in [4.78, 5) is 44.5. The molecule has 110 valence electrons. The van der Waals surface area contributed by atoms with E-state index in [1.165, 1.54) is 0 Å². The second-order valence-electron chi connectivity index (χ2n) is 4.36. The molecule has 1 aromatic carbocycles. The first-order chi connectivity index (χ1) is 10.5. The Morgan fingerprint density at radius 1 is 1.18 bits per heavy atom. The van der Waals surface area contributed by atoms with Gasteiger partial charge in [0.2, 0.25) is 5.82 Å². The maximum Gasteiger partial charge on any atom is 0.374 e. The number of primary amides is 1. The van der Waals surface area contributed by atoms with Gasteiger partial charge >= 0.3 is 11.7 Å². The van der Waals surface area contributed by atoms with Gasteiger partial charge in [-0.25, -0.2) is 24.1 Å². The highest BCUT2D eigenvalue weighted by Gasteiger charge is 2.21. The number of nitrogens with two attached hydrogens (primary N) is 1. The fourth-order valence-corrected chi connectivity index (χ4v) is 2.08. The summed E-state index contributed by atoms with van der Waals surface area (Å²) in [6.45, 7) is 0. The molecule has 0 saturated heterocycles. The molecule has 22 heavy (non-hydrogen) atoms. The van der Waals surface area contributed by atoms with Crippen LogP contribution >= 0.6 is 0 Å². The number of hydrogen-bond acceptors (Lipinski definition) is 5. The highest BCUT2D eigenvalue weighted by molar-refractivity contribution is 6.02. The van der Waals surface area contributed by atoms with Crippen LogP contribution in [0.15, 0.2) is 35.1 Å². The number of fused-ring (bicyclic) bond motifs is 1. The predicted octanol–water partition coefficient (Wildman–Crippen LogP) is -0.0941. The molecule has 4 N–H and O–H groups in total. The highest BCUT2D eigenvalue weighted by Crippen LogP contribution is 2.16. The Balaban J connectivity index is 2.45. The number of amides is 1. The van der Waals surface area contributed by atoms with Crippen LogP contribution < -0.4 is 11.4 Å². The van der Waals surface area contributed by atoms with Crippen molar-refractivity contribution < 1.29 is 14.7 Å². The van der Waals surface area contributed by atoms with Crippen LogP contribution in [0.3, 0.4) is 0 Å². The van der Waals surface area contributed by atoms with Gasteiger partial charge in [0.1, 0.15) is 5.52 Å². The SMILES string of the molecule is NC(=O)c1nc(C(=O)O)nc2c1[nH]c(=O)n2-c1ccccc1. The minimum Gasteiger partial charge on any atom is -0.475 e. The van der Waals surface area contributed by atoms with Crippen molar-refractivity contribution in [2.75, 3.05) is 0 Å². The van der Waals surface area contributed by atoms with Crippen LogP contribution in [-0.2, 0) is 0 Å². The van der Waals surface area contributed by atoms with Crippen molar-refractivity contribution in [2.45, 2.75) is 0 Å². The summed E-state index contributed by atoms with van der Waals surface area (Å²) in [6.07, 6.45) is 0. The Morgan fingerprint density at radius 2 is 1.86 bits per heavy atom. The maximum absolute atomic E-state index is 12.1. The number of nitrogens with zero attached hydrogens (tertiary/aromatic N) is 3. The average Bonchev–Trinajstić information content (AvgIpc) is 2.82. The van der Waals surface area contributed by atoms with E-state index >= 15 is 0 Å². The number of hydrogen-bond donors (Lipinski definition) is 3. The predicted molar refractivity (Wildman–Crippen MR) is 75.0 cm³/mol. The molecule has 0 radical (unpaired) electrons. The van der Waals surface area contributed by atoms with Crippen molar-refractivity contribution in [3.05, 3.63) is 52.3 Å². The minimum atomic E-state index is -1.43. The van der Waals surface area contributed by atoms with Crippen LogP contribution in [0, 0.1) is 0 Å². The maximum atomic E-state index is 12.1. The molecule has 0 aliphatic rings. The number of carboxylic acids is 1. The molecule has 0 atom stereocenters. The molecule has 0 unspecified atom stereocenters. The zero-order chi connectivity index (χ0) is 15.9.